The minimum absolute atomic E-state index is 0.114. The standard InChI is InChI=1S/C11H6BrCl2N3O/c12-6-4-7(9(14)16-5-6)11(18)17-10-8(13)2-1-3-15-10/h1-5H,(H,15,17,18). The Bertz CT molecular complexity index is 607. The second-order valence-electron chi connectivity index (χ2n) is 3.28. The molecule has 7 heteroatoms. The maximum Gasteiger partial charge on any atom is 0.260 e. The highest BCUT2D eigenvalue weighted by Gasteiger charge is 2.14. The van der Waals surface area contributed by atoms with Crippen molar-refractivity contribution in [1.82, 2.24) is 9.97 Å². The van der Waals surface area contributed by atoms with Gasteiger partial charge in [0.05, 0.1) is 10.6 Å². The minimum atomic E-state index is -0.422. The van der Waals surface area contributed by atoms with Gasteiger partial charge in [0, 0.05) is 16.9 Å². The van der Waals surface area contributed by atoms with Gasteiger partial charge in [0.25, 0.3) is 5.91 Å². The van der Waals surface area contributed by atoms with Crippen LogP contribution in [0, 0.1) is 0 Å². The van der Waals surface area contributed by atoms with Crippen molar-refractivity contribution in [2.24, 2.45) is 0 Å². The number of hydrogen-bond acceptors (Lipinski definition) is 3. The summed E-state index contributed by atoms with van der Waals surface area (Å²) in [5.74, 6) is -0.144. The van der Waals surface area contributed by atoms with E-state index < -0.39 is 5.91 Å². The third kappa shape index (κ3) is 2.98. The Labute approximate surface area is 121 Å². The first kappa shape index (κ1) is 13.3. The number of pyridine rings is 2. The van der Waals surface area contributed by atoms with E-state index in [0.29, 0.717) is 9.50 Å². The van der Waals surface area contributed by atoms with Gasteiger partial charge in [-0.15, -0.1) is 0 Å². The smallest absolute Gasteiger partial charge is 0.260 e. The molecule has 2 aromatic heterocycles. The number of anilines is 1. The lowest BCUT2D eigenvalue weighted by Gasteiger charge is -2.07. The molecule has 0 aliphatic heterocycles. The highest BCUT2D eigenvalue weighted by atomic mass is 79.9. The minimum Gasteiger partial charge on any atom is -0.305 e. The summed E-state index contributed by atoms with van der Waals surface area (Å²) < 4.78 is 0.657. The van der Waals surface area contributed by atoms with Crippen LogP contribution < -0.4 is 5.32 Å². The number of hydrogen-bond donors (Lipinski definition) is 1. The maximum atomic E-state index is 12.0. The first-order chi connectivity index (χ1) is 8.58. The molecule has 0 fully saturated rings. The van der Waals surface area contributed by atoms with Crippen LogP contribution in [0.15, 0.2) is 35.1 Å². The summed E-state index contributed by atoms with van der Waals surface area (Å²) in [5, 5.41) is 3.03. The van der Waals surface area contributed by atoms with Gasteiger partial charge in [-0.3, -0.25) is 4.79 Å². The normalized spacial score (nSPS) is 10.2. The predicted molar refractivity (Wildman–Crippen MR) is 74.1 cm³/mol. The predicted octanol–water partition coefficient (Wildman–Crippen LogP) is 3.80. The second kappa shape index (κ2) is 5.65. The molecule has 0 unspecified atom stereocenters. The van der Waals surface area contributed by atoms with E-state index in [2.05, 4.69) is 31.2 Å². The topological polar surface area (TPSA) is 54.9 Å². The van der Waals surface area contributed by atoms with Crippen LogP contribution in [0.3, 0.4) is 0 Å². The first-order valence-corrected chi connectivity index (χ1v) is 6.35. The highest BCUT2D eigenvalue weighted by molar-refractivity contribution is 9.10. The van der Waals surface area contributed by atoms with Gasteiger partial charge in [-0.2, -0.15) is 0 Å². The molecule has 1 N–H and O–H groups in total. The molecule has 0 aliphatic carbocycles. The fourth-order valence-electron chi connectivity index (χ4n) is 1.23. The van der Waals surface area contributed by atoms with E-state index in [9.17, 15) is 4.79 Å². The Kier molecular flexibility index (Phi) is 4.16. The molecule has 0 spiro atoms. The maximum absolute atomic E-state index is 12.0. The molecule has 0 saturated carbocycles. The quantitative estimate of drug-likeness (QED) is 0.841. The fourth-order valence-corrected chi connectivity index (χ4v) is 1.92. The Morgan fingerprint density at radius 2 is 2.11 bits per heavy atom. The molecule has 0 radical (unpaired) electrons. The largest absolute Gasteiger partial charge is 0.305 e. The van der Waals surface area contributed by atoms with Crippen molar-refractivity contribution in [2.45, 2.75) is 0 Å². The van der Waals surface area contributed by atoms with Crippen LogP contribution in [-0.2, 0) is 0 Å². The van der Waals surface area contributed by atoms with Crippen molar-refractivity contribution in [2.75, 3.05) is 5.32 Å². The van der Waals surface area contributed by atoms with E-state index in [-0.39, 0.29) is 16.5 Å². The zero-order valence-corrected chi connectivity index (χ0v) is 11.9. The zero-order valence-electron chi connectivity index (χ0n) is 8.82. The molecule has 0 aromatic carbocycles. The van der Waals surface area contributed by atoms with E-state index in [1.165, 1.54) is 12.4 Å². The summed E-state index contributed by atoms with van der Waals surface area (Å²) in [6.07, 6.45) is 3.04. The average Bonchev–Trinajstić information content (AvgIpc) is 2.35. The molecule has 0 aliphatic rings. The van der Waals surface area contributed by atoms with Gasteiger partial charge in [0.1, 0.15) is 5.15 Å². The number of rotatable bonds is 2. The van der Waals surface area contributed by atoms with E-state index in [1.807, 2.05) is 0 Å². The van der Waals surface area contributed by atoms with Crippen LogP contribution in [0.1, 0.15) is 10.4 Å². The number of nitrogens with one attached hydrogen (secondary N) is 1. The fraction of sp³-hybridized carbons (Fsp3) is 0. The molecule has 2 aromatic rings. The number of aromatic nitrogens is 2. The molecule has 4 nitrogen and oxygen atoms in total. The summed E-state index contributed by atoms with van der Waals surface area (Å²) in [6.45, 7) is 0. The van der Waals surface area contributed by atoms with Gasteiger partial charge in [0.2, 0.25) is 0 Å². The van der Waals surface area contributed by atoms with Crippen molar-refractivity contribution < 1.29 is 4.79 Å². The zero-order chi connectivity index (χ0) is 13.1. The van der Waals surface area contributed by atoms with Crippen molar-refractivity contribution in [3.8, 4) is 0 Å². The number of amides is 1. The van der Waals surface area contributed by atoms with Crippen molar-refractivity contribution in [3.05, 3.63) is 50.8 Å². The van der Waals surface area contributed by atoms with E-state index in [4.69, 9.17) is 23.2 Å². The van der Waals surface area contributed by atoms with Crippen LogP contribution in [0.5, 0.6) is 0 Å². The van der Waals surface area contributed by atoms with Gasteiger partial charge in [-0.25, -0.2) is 9.97 Å². The second-order valence-corrected chi connectivity index (χ2v) is 4.96. The Morgan fingerprint density at radius 1 is 1.33 bits per heavy atom. The molecule has 0 atom stereocenters. The van der Waals surface area contributed by atoms with Crippen LogP contribution >= 0.6 is 39.1 Å². The number of carbonyl (C=O) groups is 1. The van der Waals surface area contributed by atoms with Crippen LogP contribution in [0.2, 0.25) is 10.2 Å². The van der Waals surface area contributed by atoms with Crippen LogP contribution in [0.25, 0.3) is 0 Å². The molecule has 1 amide bonds. The van der Waals surface area contributed by atoms with E-state index >= 15 is 0 Å². The van der Waals surface area contributed by atoms with Gasteiger partial charge < -0.3 is 5.32 Å². The summed E-state index contributed by atoms with van der Waals surface area (Å²) in [6, 6.07) is 4.87. The van der Waals surface area contributed by atoms with Gasteiger partial charge in [-0.1, -0.05) is 23.2 Å². The first-order valence-electron chi connectivity index (χ1n) is 4.81. The lowest BCUT2D eigenvalue weighted by atomic mass is 10.2. The summed E-state index contributed by atoms with van der Waals surface area (Å²) in [7, 11) is 0. The van der Waals surface area contributed by atoms with Crippen LogP contribution in [0.4, 0.5) is 5.82 Å². The Balaban J connectivity index is 2.28. The molecular weight excluding hydrogens is 341 g/mol. The van der Waals surface area contributed by atoms with Crippen molar-refractivity contribution in [1.29, 1.82) is 0 Å². The molecule has 0 bridgehead atoms. The molecule has 0 saturated heterocycles. The molecular formula is C11H6BrCl2N3O. The highest BCUT2D eigenvalue weighted by Crippen LogP contribution is 2.22. The summed E-state index contributed by atoms with van der Waals surface area (Å²) >= 11 is 15.0. The molecule has 2 heterocycles. The molecule has 18 heavy (non-hydrogen) atoms. The summed E-state index contributed by atoms with van der Waals surface area (Å²) in [4.78, 5) is 19.8. The molecule has 2 rings (SSSR count). The van der Waals surface area contributed by atoms with Crippen LogP contribution in [-0.4, -0.2) is 15.9 Å². The summed E-state index contributed by atoms with van der Waals surface area (Å²) in [5.41, 5.74) is 0.243. The number of halogens is 3. The van der Waals surface area contributed by atoms with Gasteiger partial charge >= 0.3 is 0 Å². The average molecular weight is 347 g/mol. The SMILES string of the molecule is O=C(Nc1ncccc1Cl)c1cc(Br)cnc1Cl. The molecule has 92 valence electrons. The van der Waals surface area contributed by atoms with Gasteiger partial charge in [0.15, 0.2) is 5.82 Å². The third-order valence-electron chi connectivity index (χ3n) is 2.04. The monoisotopic (exact) mass is 345 g/mol. The number of nitrogens with zero attached hydrogens (tertiary/aromatic N) is 2. The van der Waals surface area contributed by atoms with Crippen molar-refractivity contribution in [3.63, 3.8) is 0 Å². The van der Waals surface area contributed by atoms with Gasteiger partial charge in [-0.05, 0) is 34.1 Å². The Hall–Kier alpha value is -1.17. The van der Waals surface area contributed by atoms with E-state index in [0.717, 1.165) is 0 Å². The lowest BCUT2D eigenvalue weighted by Crippen LogP contribution is -2.14. The lowest BCUT2D eigenvalue weighted by molar-refractivity contribution is 0.102. The number of carbonyl (C=O) groups excluding carboxylic acids is 1. The Morgan fingerprint density at radius 3 is 2.83 bits per heavy atom. The van der Waals surface area contributed by atoms with Crippen molar-refractivity contribution >= 4 is 50.9 Å². The van der Waals surface area contributed by atoms with E-state index in [1.54, 1.807) is 18.2 Å². The third-order valence-corrected chi connectivity index (χ3v) is 3.08.